The van der Waals surface area contributed by atoms with E-state index >= 15 is 0 Å². The minimum Gasteiger partial charge on any atom is -0.382 e. The average Bonchev–Trinajstić information content (AvgIpc) is 3.14. The zero-order valence-electron chi connectivity index (χ0n) is 17.6. The van der Waals surface area contributed by atoms with Crippen molar-refractivity contribution in [2.45, 2.75) is 19.9 Å². The molecule has 4 rings (SSSR count). The lowest BCUT2D eigenvalue weighted by molar-refractivity contribution is 0.624. The number of aromatic nitrogens is 2. The molecule has 0 bridgehead atoms. The van der Waals surface area contributed by atoms with Crippen LogP contribution in [0.4, 0.5) is 10.1 Å². The number of halogens is 1. The second kappa shape index (κ2) is 8.04. The van der Waals surface area contributed by atoms with Crippen LogP contribution in [0.15, 0.2) is 54.9 Å². The molecule has 0 atom stereocenters. The number of aryl methyl sites for hydroxylation is 1. The van der Waals surface area contributed by atoms with Crippen molar-refractivity contribution in [2.24, 2.45) is 7.05 Å². The number of nitrogens with zero attached hydrogens (tertiary/aromatic N) is 3. The van der Waals surface area contributed by atoms with Crippen LogP contribution in [0.25, 0.3) is 33.3 Å². The molecular formula is C25H22FN5. The first-order valence-electron chi connectivity index (χ1n) is 9.98. The molecule has 0 saturated heterocycles. The fraction of sp³-hybridized carbons (Fsp3) is 0.160. The molecule has 2 N–H and O–H groups in total. The summed E-state index contributed by atoms with van der Waals surface area (Å²) in [5.41, 5.74) is 5.53. The van der Waals surface area contributed by atoms with Crippen molar-refractivity contribution in [1.29, 1.82) is 10.7 Å². The van der Waals surface area contributed by atoms with Crippen LogP contribution in [-0.4, -0.2) is 21.8 Å². The average molecular weight is 411 g/mol. The first-order valence-corrected chi connectivity index (χ1v) is 9.98. The van der Waals surface area contributed by atoms with Gasteiger partial charge in [0.2, 0.25) is 0 Å². The molecule has 154 valence electrons. The molecule has 0 aliphatic heterocycles. The fourth-order valence-corrected chi connectivity index (χ4v) is 3.78. The fourth-order valence-electron chi connectivity index (χ4n) is 3.78. The van der Waals surface area contributed by atoms with Crippen LogP contribution in [0, 0.1) is 22.6 Å². The molecule has 0 aliphatic rings. The van der Waals surface area contributed by atoms with Crippen molar-refractivity contribution in [2.75, 3.05) is 5.32 Å². The van der Waals surface area contributed by atoms with Crippen LogP contribution in [0.3, 0.4) is 0 Å². The van der Waals surface area contributed by atoms with Gasteiger partial charge in [0.05, 0.1) is 23.0 Å². The molecule has 0 radical (unpaired) electrons. The number of hydrogen-bond donors (Lipinski definition) is 2. The Bertz CT molecular complexity index is 1340. The molecule has 6 heteroatoms. The molecule has 0 amide bonds. The van der Waals surface area contributed by atoms with Gasteiger partial charge in [-0.05, 0) is 49.7 Å². The summed E-state index contributed by atoms with van der Waals surface area (Å²) in [6.45, 7) is 4.09. The Morgan fingerprint density at radius 2 is 1.94 bits per heavy atom. The van der Waals surface area contributed by atoms with Crippen LogP contribution in [0.1, 0.15) is 25.0 Å². The van der Waals surface area contributed by atoms with E-state index in [0.717, 1.165) is 33.3 Å². The van der Waals surface area contributed by atoms with Gasteiger partial charge in [0.1, 0.15) is 11.9 Å². The van der Waals surface area contributed by atoms with Gasteiger partial charge in [0.25, 0.3) is 0 Å². The van der Waals surface area contributed by atoms with Gasteiger partial charge in [-0.3, -0.25) is 4.98 Å². The third-order valence-corrected chi connectivity index (χ3v) is 5.25. The largest absolute Gasteiger partial charge is 0.382 e. The Kier molecular flexibility index (Phi) is 5.26. The number of rotatable bonds is 5. The van der Waals surface area contributed by atoms with Crippen LogP contribution in [0.5, 0.6) is 0 Å². The minimum absolute atomic E-state index is 0.00806. The number of hydrogen-bond acceptors (Lipinski definition) is 4. The van der Waals surface area contributed by atoms with Gasteiger partial charge in [-0.15, -0.1) is 0 Å². The predicted octanol–water partition coefficient (Wildman–Crippen LogP) is 5.74. The quantitative estimate of drug-likeness (QED) is 0.411. The van der Waals surface area contributed by atoms with Gasteiger partial charge in [-0.25, -0.2) is 4.39 Å². The van der Waals surface area contributed by atoms with E-state index in [4.69, 9.17) is 15.7 Å². The summed E-state index contributed by atoms with van der Waals surface area (Å²) in [6.07, 6.45) is 5.06. The number of benzene rings is 2. The van der Waals surface area contributed by atoms with Crippen molar-refractivity contribution in [1.82, 2.24) is 9.55 Å². The van der Waals surface area contributed by atoms with Crippen molar-refractivity contribution < 1.29 is 4.39 Å². The normalized spacial score (nSPS) is 11.0. The zero-order valence-corrected chi connectivity index (χ0v) is 17.6. The Hall–Kier alpha value is -3.98. The highest BCUT2D eigenvalue weighted by molar-refractivity contribution is 6.02. The lowest BCUT2D eigenvalue weighted by Crippen LogP contribution is -2.11. The van der Waals surface area contributed by atoms with Gasteiger partial charge in [0.15, 0.2) is 0 Å². The number of pyridine rings is 1. The van der Waals surface area contributed by atoms with E-state index in [-0.39, 0.29) is 11.6 Å². The number of anilines is 1. The molecule has 0 unspecified atom stereocenters. The Balaban J connectivity index is 1.97. The molecule has 2 aromatic heterocycles. The van der Waals surface area contributed by atoms with E-state index in [9.17, 15) is 4.39 Å². The van der Waals surface area contributed by atoms with E-state index in [2.05, 4.69) is 5.32 Å². The number of nitrogens with one attached hydrogen (secondary N) is 2. The molecule has 2 aromatic carbocycles. The molecule has 5 nitrogen and oxygen atoms in total. The third-order valence-electron chi connectivity index (χ3n) is 5.25. The Morgan fingerprint density at radius 3 is 2.61 bits per heavy atom. The van der Waals surface area contributed by atoms with Crippen molar-refractivity contribution in [3.05, 3.63) is 71.8 Å². The summed E-state index contributed by atoms with van der Waals surface area (Å²) in [7, 11) is 1.94. The summed E-state index contributed by atoms with van der Waals surface area (Å²) in [6, 6.07) is 14.5. The van der Waals surface area contributed by atoms with E-state index in [0.29, 0.717) is 11.3 Å². The lowest BCUT2D eigenvalue weighted by Gasteiger charge is -2.16. The lowest BCUT2D eigenvalue weighted by atomic mass is 9.94. The molecule has 31 heavy (non-hydrogen) atoms. The van der Waals surface area contributed by atoms with E-state index in [1.54, 1.807) is 12.3 Å². The summed E-state index contributed by atoms with van der Waals surface area (Å²) in [4.78, 5) is 4.72. The SMILES string of the molecule is CC(C)Nc1ccc(-c2ncc3c(ccn3C)c2-c2ccc(C#N)c(F)c2)cc1C=N. The topological polar surface area (TPSA) is 77.5 Å². The monoisotopic (exact) mass is 411 g/mol. The first-order chi connectivity index (χ1) is 14.9. The Labute approximate surface area is 180 Å². The second-order valence-corrected chi connectivity index (χ2v) is 7.76. The molecular weight excluding hydrogens is 389 g/mol. The van der Waals surface area contributed by atoms with E-state index < -0.39 is 5.82 Å². The number of nitriles is 1. The predicted molar refractivity (Wildman–Crippen MR) is 123 cm³/mol. The zero-order chi connectivity index (χ0) is 22.1. The van der Waals surface area contributed by atoms with Gasteiger partial charge >= 0.3 is 0 Å². The molecule has 4 aromatic rings. The van der Waals surface area contributed by atoms with Gasteiger partial charge in [0, 0.05) is 53.3 Å². The van der Waals surface area contributed by atoms with E-state index in [1.165, 1.54) is 18.3 Å². The van der Waals surface area contributed by atoms with Crippen LogP contribution >= 0.6 is 0 Å². The highest BCUT2D eigenvalue weighted by Crippen LogP contribution is 2.38. The minimum atomic E-state index is -0.560. The second-order valence-electron chi connectivity index (χ2n) is 7.76. The highest BCUT2D eigenvalue weighted by atomic mass is 19.1. The van der Waals surface area contributed by atoms with Crippen LogP contribution < -0.4 is 5.32 Å². The maximum Gasteiger partial charge on any atom is 0.141 e. The molecule has 0 fully saturated rings. The molecule has 0 spiro atoms. The number of fused-ring (bicyclic) bond motifs is 1. The Morgan fingerprint density at radius 1 is 1.16 bits per heavy atom. The smallest absolute Gasteiger partial charge is 0.141 e. The van der Waals surface area contributed by atoms with Gasteiger partial charge < -0.3 is 15.3 Å². The maximum atomic E-state index is 14.5. The standard InChI is InChI=1S/C25H22FN5/c1-15(2)30-22-7-6-17(10-19(22)13-28)25-24(16-4-5-18(12-27)21(26)11-16)20-8-9-31(3)23(20)14-29-25/h4-11,13-15,28,30H,1-3H3. The highest BCUT2D eigenvalue weighted by Gasteiger charge is 2.17. The summed E-state index contributed by atoms with van der Waals surface area (Å²) < 4.78 is 16.4. The van der Waals surface area contributed by atoms with Crippen molar-refractivity contribution >= 4 is 22.8 Å². The third kappa shape index (κ3) is 3.66. The maximum absolute atomic E-state index is 14.5. The molecule has 0 aliphatic carbocycles. The van der Waals surface area contributed by atoms with Crippen LogP contribution in [0.2, 0.25) is 0 Å². The molecule has 2 heterocycles. The van der Waals surface area contributed by atoms with E-state index in [1.807, 2.05) is 62.0 Å². The summed E-state index contributed by atoms with van der Waals surface area (Å²) in [5, 5.41) is 21.2. The van der Waals surface area contributed by atoms with Gasteiger partial charge in [-0.1, -0.05) is 12.1 Å². The first kappa shape index (κ1) is 20.3. The van der Waals surface area contributed by atoms with Crippen LogP contribution in [-0.2, 0) is 7.05 Å². The van der Waals surface area contributed by atoms with Crippen molar-refractivity contribution in [3.8, 4) is 28.5 Å². The molecule has 0 saturated carbocycles. The van der Waals surface area contributed by atoms with Gasteiger partial charge in [-0.2, -0.15) is 5.26 Å². The summed E-state index contributed by atoms with van der Waals surface area (Å²) >= 11 is 0. The van der Waals surface area contributed by atoms with Crippen molar-refractivity contribution in [3.63, 3.8) is 0 Å². The summed E-state index contributed by atoms with van der Waals surface area (Å²) in [5.74, 6) is -0.560.